The van der Waals surface area contributed by atoms with Crippen molar-refractivity contribution in [3.05, 3.63) is 71.8 Å². The van der Waals surface area contributed by atoms with Crippen LogP contribution in [0, 0.1) is 0 Å². The second-order valence-corrected chi connectivity index (χ2v) is 7.12. The van der Waals surface area contributed by atoms with Crippen molar-refractivity contribution in [2.45, 2.75) is 4.90 Å². The van der Waals surface area contributed by atoms with Crippen molar-refractivity contribution in [3.8, 4) is 5.75 Å². The van der Waals surface area contributed by atoms with Gasteiger partial charge < -0.3 is 4.74 Å². The molecule has 7 heteroatoms. The standard InChI is InChI=1S/C20H17ClN2O3S/c21-16-6-9-18(10-7-16)27-13-20(25)23-22-19(24)12-26-17-8-5-14-3-1-2-4-15(14)11-17/h1-11H,12-13H2,(H,22,24)(H,23,25). The minimum atomic E-state index is -0.437. The van der Waals surface area contributed by atoms with Gasteiger partial charge in [0.2, 0.25) is 5.91 Å². The Morgan fingerprint density at radius 1 is 0.889 bits per heavy atom. The largest absolute Gasteiger partial charge is 0.484 e. The van der Waals surface area contributed by atoms with Crippen LogP contribution in [0.15, 0.2) is 71.6 Å². The number of hydrogen-bond acceptors (Lipinski definition) is 4. The maximum Gasteiger partial charge on any atom is 0.276 e. The van der Waals surface area contributed by atoms with Gasteiger partial charge in [0.05, 0.1) is 5.75 Å². The smallest absolute Gasteiger partial charge is 0.276 e. The molecule has 0 bridgehead atoms. The summed E-state index contributed by atoms with van der Waals surface area (Å²) in [6, 6.07) is 20.7. The molecule has 0 aliphatic rings. The molecule has 27 heavy (non-hydrogen) atoms. The third-order valence-electron chi connectivity index (χ3n) is 3.62. The average molecular weight is 401 g/mol. The molecule has 0 atom stereocenters. The lowest BCUT2D eigenvalue weighted by atomic mass is 10.1. The van der Waals surface area contributed by atoms with E-state index in [1.54, 1.807) is 18.2 Å². The predicted molar refractivity (Wildman–Crippen MR) is 108 cm³/mol. The van der Waals surface area contributed by atoms with Crippen LogP contribution in [-0.4, -0.2) is 24.2 Å². The van der Waals surface area contributed by atoms with E-state index in [9.17, 15) is 9.59 Å². The SMILES string of the molecule is O=C(COc1ccc2ccccc2c1)NNC(=O)CSc1ccc(Cl)cc1. The van der Waals surface area contributed by atoms with Crippen LogP contribution in [0.25, 0.3) is 10.8 Å². The van der Waals surface area contributed by atoms with Crippen molar-refractivity contribution in [1.29, 1.82) is 0 Å². The van der Waals surface area contributed by atoms with Crippen molar-refractivity contribution in [2.24, 2.45) is 0 Å². The van der Waals surface area contributed by atoms with Gasteiger partial charge in [-0.15, -0.1) is 11.8 Å². The molecule has 0 spiro atoms. The molecule has 3 aromatic carbocycles. The molecular weight excluding hydrogens is 384 g/mol. The maximum absolute atomic E-state index is 11.8. The summed E-state index contributed by atoms with van der Waals surface area (Å²) < 4.78 is 5.47. The fourth-order valence-corrected chi connectivity index (χ4v) is 3.12. The topological polar surface area (TPSA) is 67.4 Å². The maximum atomic E-state index is 11.8. The van der Waals surface area contributed by atoms with Gasteiger partial charge in [-0.1, -0.05) is 41.9 Å². The quantitative estimate of drug-likeness (QED) is 0.487. The molecule has 2 amide bonds. The Labute approximate surface area is 166 Å². The molecule has 0 aliphatic heterocycles. The molecule has 2 N–H and O–H groups in total. The highest BCUT2D eigenvalue weighted by atomic mass is 35.5. The second kappa shape index (κ2) is 9.30. The Morgan fingerprint density at radius 3 is 2.37 bits per heavy atom. The lowest BCUT2D eigenvalue weighted by molar-refractivity contribution is -0.128. The van der Waals surface area contributed by atoms with Crippen molar-refractivity contribution < 1.29 is 14.3 Å². The first-order valence-corrected chi connectivity index (χ1v) is 9.54. The molecule has 0 radical (unpaired) electrons. The van der Waals surface area contributed by atoms with Crippen LogP contribution in [0.4, 0.5) is 0 Å². The number of hydrazine groups is 1. The van der Waals surface area contributed by atoms with Crippen LogP contribution in [0.1, 0.15) is 0 Å². The van der Waals surface area contributed by atoms with E-state index in [4.69, 9.17) is 16.3 Å². The van der Waals surface area contributed by atoms with Gasteiger partial charge >= 0.3 is 0 Å². The number of thioether (sulfide) groups is 1. The zero-order valence-electron chi connectivity index (χ0n) is 14.3. The van der Waals surface area contributed by atoms with Crippen molar-refractivity contribution >= 4 is 45.9 Å². The third kappa shape index (κ3) is 5.91. The van der Waals surface area contributed by atoms with Gasteiger partial charge in [-0.05, 0) is 47.2 Å². The highest BCUT2D eigenvalue weighted by Gasteiger charge is 2.07. The van der Waals surface area contributed by atoms with Crippen molar-refractivity contribution in [2.75, 3.05) is 12.4 Å². The number of hydrogen-bond donors (Lipinski definition) is 2. The van der Waals surface area contributed by atoms with Gasteiger partial charge in [0.25, 0.3) is 5.91 Å². The summed E-state index contributed by atoms with van der Waals surface area (Å²) in [4.78, 5) is 24.5. The number of halogens is 1. The summed E-state index contributed by atoms with van der Waals surface area (Å²) in [5.74, 6) is 0.0171. The Balaban J connectivity index is 1.39. The summed E-state index contributed by atoms with van der Waals surface area (Å²) in [7, 11) is 0. The van der Waals surface area contributed by atoms with E-state index in [1.807, 2.05) is 48.5 Å². The van der Waals surface area contributed by atoms with E-state index in [2.05, 4.69) is 10.9 Å². The summed E-state index contributed by atoms with van der Waals surface area (Å²) >= 11 is 7.16. The number of nitrogens with one attached hydrogen (secondary N) is 2. The van der Waals surface area contributed by atoms with Crippen molar-refractivity contribution in [3.63, 3.8) is 0 Å². The second-order valence-electron chi connectivity index (χ2n) is 5.64. The van der Waals surface area contributed by atoms with Crippen LogP contribution in [-0.2, 0) is 9.59 Å². The monoisotopic (exact) mass is 400 g/mol. The van der Waals surface area contributed by atoms with Gasteiger partial charge in [0.15, 0.2) is 6.61 Å². The number of amides is 2. The van der Waals surface area contributed by atoms with Crippen LogP contribution < -0.4 is 15.6 Å². The number of benzene rings is 3. The fourth-order valence-electron chi connectivity index (χ4n) is 2.30. The average Bonchev–Trinajstić information content (AvgIpc) is 2.70. The first-order valence-electron chi connectivity index (χ1n) is 8.18. The number of rotatable bonds is 6. The highest BCUT2D eigenvalue weighted by molar-refractivity contribution is 8.00. The Kier molecular flexibility index (Phi) is 6.57. The summed E-state index contributed by atoms with van der Waals surface area (Å²) in [5.41, 5.74) is 4.70. The summed E-state index contributed by atoms with van der Waals surface area (Å²) in [5, 5.41) is 2.77. The molecule has 3 rings (SSSR count). The normalized spacial score (nSPS) is 10.4. The number of carbonyl (C=O) groups excluding carboxylic acids is 2. The molecule has 138 valence electrons. The van der Waals surface area contributed by atoms with E-state index in [1.165, 1.54) is 11.8 Å². The fraction of sp³-hybridized carbons (Fsp3) is 0.100. The third-order valence-corrected chi connectivity index (χ3v) is 4.88. The van der Waals surface area contributed by atoms with Gasteiger partial charge in [0.1, 0.15) is 5.75 Å². The van der Waals surface area contributed by atoms with Gasteiger partial charge in [-0.25, -0.2) is 0 Å². The highest BCUT2D eigenvalue weighted by Crippen LogP contribution is 2.21. The van der Waals surface area contributed by atoms with Gasteiger partial charge in [-0.2, -0.15) is 0 Å². The molecule has 0 heterocycles. The van der Waals surface area contributed by atoms with Crippen LogP contribution in [0.3, 0.4) is 0 Å². The molecule has 0 saturated carbocycles. The summed E-state index contributed by atoms with van der Waals surface area (Å²) in [6.45, 7) is -0.192. The minimum Gasteiger partial charge on any atom is -0.484 e. The van der Waals surface area contributed by atoms with E-state index < -0.39 is 5.91 Å². The van der Waals surface area contributed by atoms with Gasteiger partial charge in [0, 0.05) is 9.92 Å². The number of fused-ring (bicyclic) bond motifs is 1. The zero-order valence-corrected chi connectivity index (χ0v) is 15.8. The van der Waals surface area contributed by atoms with Gasteiger partial charge in [-0.3, -0.25) is 20.4 Å². The minimum absolute atomic E-state index is 0.174. The first kappa shape index (κ1) is 19.1. The van der Waals surface area contributed by atoms with Crippen LogP contribution >= 0.6 is 23.4 Å². The van der Waals surface area contributed by atoms with E-state index >= 15 is 0 Å². The molecule has 3 aromatic rings. The van der Waals surface area contributed by atoms with Crippen LogP contribution in [0.5, 0.6) is 5.75 Å². The van der Waals surface area contributed by atoms with Crippen LogP contribution in [0.2, 0.25) is 5.02 Å². The van der Waals surface area contributed by atoms with E-state index in [0.29, 0.717) is 10.8 Å². The molecule has 0 aromatic heterocycles. The Hall–Kier alpha value is -2.70. The lowest BCUT2D eigenvalue weighted by Crippen LogP contribution is -2.44. The first-order chi connectivity index (χ1) is 13.1. The molecule has 0 unspecified atom stereocenters. The zero-order chi connectivity index (χ0) is 19.1. The number of carbonyl (C=O) groups is 2. The predicted octanol–water partition coefficient (Wildman–Crippen LogP) is 3.81. The Morgan fingerprint density at radius 2 is 1.59 bits per heavy atom. The lowest BCUT2D eigenvalue weighted by Gasteiger charge is -2.09. The Bertz CT molecular complexity index is 947. The molecule has 0 fully saturated rings. The van der Waals surface area contributed by atoms with E-state index in [0.717, 1.165) is 15.7 Å². The molecule has 0 saturated heterocycles. The van der Waals surface area contributed by atoms with E-state index in [-0.39, 0.29) is 18.3 Å². The molecule has 5 nitrogen and oxygen atoms in total. The summed E-state index contributed by atoms with van der Waals surface area (Å²) in [6.07, 6.45) is 0. The molecular formula is C20H17ClN2O3S. The van der Waals surface area contributed by atoms with Crippen molar-refractivity contribution in [1.82, 2.24) is 10.9 Å². The number of ether oxygens (including phenoxy) is 1. The molecule has 0 aliphatic carbocycles.